The molecule has 0 amide bonds. The minimum Gasteiger partial charge on any atom is -0.496 e. The van der Waals surface area contributed by atoms with E-state index in [9.17, 15) is 0 Å². The smallest absolute Gasteiger partial charge is 0.123 e. The van der Waals surface area contributed by atoms with Gasteiger partial charge in [-0.3, -0.25) is 4.90 Å². The predicted molar refractivity (Wildman–Crippen MR) is 87.4 cm³/mol. The van der Waals surface area contributed by atoms with E-state index in [1.807, 2.05) is 6.07 Å². The van der Waals surface area contributed by atoms with Crippen molar-refractivity contribution in [3.63, 3.8) is 0 Å². The zero-order chi connectivity index (χ0) is 15.4. The minimum absolute atomic E-state index is 0.153. The Morgan fingerprint density at radius 3 is 2.82 bits per heavy atom. The van der Waals surface area contributed by atoms with Gasteiger partial charge < -0.3 is 14.2 Å². The van der Waals surface area contributed by atoms with E-state index >= 15 is 0 Å². The van der Waals surface area contributed by atoms with Crippen LogP contribution in [0.5, 0.6) is 5.75 Å². The molecule has 118 valence electrons. The fourth-order valence-electron chi connectivity index (χ4n) is 2.99. The number of likely N-dealkylation sites (N-methyl/N-ethyl adjacent to an activating group) is 1. The van der Waals surface area contributed by atoms with Gasteiger partial charge in [0.1, 0.15) is 5.75 Å². The Bertz CT molecular complexity index is 623. The van der Waals surface area contributed by atoms with Crippen molar-refractivity contribution >= 4 is 10.8 Å². The van der Waals surface area contributed by atoms with Gasteiger partial charge >= 0.3 is 0 Å². The maximum absolute atomic E-state index is 5.73. The number of nitrogens with zero attached hydrogens (tertiary/aromatic N) is 1. The zero-order valence-electron chi connectivity index (χ0n) is 13.2. The molecule has 1 aliphatic heterocycles. The van der Waals surface area contributed by atoms with Crippen molar-refractivity contribution in [3.05, 3.63) is 42.0 Å². The van der Waals surface area contributed by atoms with E-state index in [0.717, 1.165) is 18.8 Å². The molecule has 0 bridgehead atoms. The summed E-state index contributed by atoms with van der Waals surface area (Å²) < 4.78 is 16.8. The van der Waals surface area contributed by atoms with Crippen molar-refractivity contribution in [1.29, 1.82) is 0 Å². The Morgan fingerprint density at radius 1 is 1.18 bits per heavy atom. The molecule has 0 aliphatic carbocycles. The van der Waals surface area contributed by atoms with E-state index in [1.54, 1.807) is 7.11 Å². The van der Waals surface area contributed by atoms with Gasteiger partial charge in [-0.2, -0.15) is 0 Å². The molecule has 0 spiro atoms. The SMILES string of the molecule is COc1ccc2ccccc2c1CN(C)C[C@@H]1COCCO1. The van der Waals surface area contributed by atoms with E-state index in [1.165, 1.54) is 16.3 Å². The molecule has 2 aromatic carbocycles. The lowest BCUT2D eigenvalue weighted by atomic mass is 10.0. The molecular formula is C18H23NO3. The second-order valence-corrected chi connectivity index (χ2v) is 5.73. The minimum atomic E-state index is 0.153. The monoisotopic (exact) mass is 301 g/mol. The maximum Gasteiger partial charge on any atom is 0.123 e. The fourth-order valence-corrected chi connectivity index (χ4v) is 2.99. The molecule has 0 aromatic heterocycles. The predicted octanol–water partition coefficient (Wildman–Crippen LogP) is 2.70. The van der Waals surface area contributed by atoms with Gasteiger partial charge in [0.2, 0.25) is 0 Å². The number of ether oxygens (including phenoxy) is 3. The van der Waals surface area contributed by atoms with Crippen LogP contribution in [-0.4, -0.2) is 51.5 Å². The topological polar surface area (TPSA) is 30.9 Å². The van der Waals surface area contributed by atoms with Crippen molar-refractivity contribution in [2.24, 2.45) is 0 Å². The summed E-state index contributed by atoms with van der Waals surface area (Å²) in [4.78, 5) is 2.27. The first-order chi connectivity index (χ1) is 10.8. The number of hydrogen-bond acceptors (Lipinski definition) is 4. The van der Waals surface area contributed by atoms with Crippen LogP contribution in [0.3, 0.4) is 0 Å². The number of fused-ring (bicyclic) bond motifs is 1. The molecule has 0 N–H and O–H groups in total. The average Bonchev–Trinajstić information content (AvgIpc) is 2.56. The van der Waals surface area contributed by atoms with Gasteiger partial charge in [-0.1, -0.05) is 30.3 Å². The normalized spacial score (nSPS) is 18.8. The lowest BCUT2D eigenvalue weighted by Gasteiger charge is -2.28. The summed E-state index contributed by atoms with van der Waals surface area (Å²) in [5, 5.41) is 2.48. The standard InChI is InChI=1S/C18H23NO3/c1-19(11-15-13-21-9-10-22-15)12-17-16-6-4-3-5-14(16)7-8-18(17)20-2/h3-8,15H,9-13H2,1-2H3/t15-/m1/s1. The average molecular weight is 301 g/mol. The van der Waals surface area contributed by atoms with Crippen LogP contribution < -0.4 is 4.74 Å². The number of benzene rings is 2. The van der Waals surface area contributed by atoms with Crippen molar-refractivity contribution < 1.29 is 14.2 Å². The number of hydrogen-bond donors (Lipinski definition) is 0. The molecule has 0 unspecified atom stereocenters. The highest BCUT2D eigenvalue weighted by atomic mass is 16.6. The van der Waals surface area contributed by atoms with Crippen LogP contribution in [-0.2, 0) is 16.0 Å². The summed E-state index contributed by atoms with van der Waals surface area (Å²) in [5.41, 5.74) is 1.22. The fraction of sp³-hybridized carbons (Fsp3) is 0.444. The molecule has 1 aliphatic rings. The van der Waals surface area contributed by atoms with Crippen molar-refractivity contribution in [3.8, 4) is 5.75 Å². The van der Waals surface area contributed by atoms with Crippen LogP contribution in [0.15, 0.2) is 36.4 Å². The second-order valence-electron chi connectivity index (χ2n) is 5.73. The molecule has 4 nitrogen and oxygen atoms in total. The molecule has 3 rings (SSSR count). The van der Waals surface area contributed by atoms with Crippen LogP contribution in [0, 0.1) is 0 Å². The first-order valence-electron chi connectivity index (χ1n) is 7.70. The molecule has 1 saturated heterocycles. The largest absolute Gasteiger partial charge is 0.496 e. The van der Waals surface area contributed by atoms with Gasteiger partial charge in [0.15, 0.2) is 0 Å². The summed E-state index contributed by atoms with van der Waals surface area (Å²) in [6.45, 7) is 3.75. The Balaban J connectivity index is 1.79. The molecule has 1 atom stereocenters. The van der Waals surface area contributed by atoms with Gasteiger partial charge in [-0.25, -0.2) is 0 Å². The Kier molecular flexibility index (Phi) is 4.93. The van der Waals surface area contributed by atoms with Crippen molar-refractivity contribution in [2.45, 2.75) is 12.6 Å². The van der Waals surface area contributed by atoms with E-state index in [0.29, 0.717) is 19.8 Å². The third-order valence-corrected chi connectivity index (χ3v) is 4.05. The molecule has 1 heterocycles. The highest BCUT2D eigenvalue weighted by Gasteiger charge is 2.18. The molecule has 0 saturated carbocycles. The molecule has 0 radical (unpaired) electrons. The summed E-state index contributed by atoms with van der Waals surface area (Å²) in [6, 6.07) is 12.6. The van der Waals surface area contributed by atoms with Gasteiger partial charge in [-0.05, 0) is 23.9 Å². The first-order valence-corrected chi connectivity index (χ1v) is 7.70. The van der Waals surface area contributed by atoms with Crippen LogP contribution in [0.25, 0.3) is 10.8 Å². The van der Waals surface area contributed by atoms with Gasteiger partial charge in [0.05, 0.1) is 33.0 Å². The van der Waals surface area contributed by atoms with Crippen LogP contribution in [0.4, 0.5) is 0 Å². The van der Waals surface area contributed by atoms with Gasteiger partial charge in [-0.15, -0.1) is 0 Å². The molecule has 1 fully saturated rings. The van der Waals surface area contributed by atoms with Gasteiger partial charge in [0.25, 0.3) is 0 Å². The lowest BCUT2D eigenvalue weighted by molar-refractivity contribution is -0.0962. The van der Waals surface area contributed by atoms with Crippen LogP contribution in [0.1, 0.15) is 5.56 Å². The zero-order valence-corrected chi connectivity index (χ0v) is 13.2. The first kappa shape index (κ1) is 15.3. The number of rotatable bonds is 5. The number of methoxy groups -OCH3 is 1. The Labute approximate surface area is 131 Å². The summed E-state index contributed by atoms with van der Waals surface area (Å²) in [5.74, 6) is 0.936. The van der Waals surface area contributed by atoms with Crippen molar-refractivity contribution in [1.82, 2.24) is 4.90 Å². The maximum atomic E-state index is 5.73. The highest BCUT2D eigenvalue weighted by molar-refractivity contribution is 5.87. The second kappa shape index (κ2) is 7.09. The van der Waals surface area contributed by atoms with E-state index < -0.39 is 0 Å². The lowest BCUT2D eigenvalue weighted by Crippen LogP contribution is -2.38. The third kappa shape index (κ3) is 3.40. The van der Waals surface area contributed by atoms with E-state index in [-0.39, 0.29) is 6.10 Å². The summed E-state index contributed by atoms with van der Waals surface area (Å²) in [7, 11) is 3.84. The summed E-state index contributed by atoms with van der Waals surface area (Å²) >= 11 is 0. The third-order valence-electron chi connectivity index (χ3n) is 4.05. The summed E-state index contributed by atoms with van der Waals surface area (Å²) in [6.07, 6.45) is 0.153. The quantitative estimate of drug-likeness (QED) is 0.849. The van der Waals surface area contributed by atoms with E-state index in [4.69, 9.17) is 14.2 Å². The highest BCUT2D eigenvalue weighted by Crippen LogP contribution is 2.29. The molecule has 4 heteroatoms. The Hall–Kier alpha value is -1.62. The van der Waals surface area contributed by atoms with Crippen molar-refractivity contribution in [2.75, 3.05) is 40.5 Å². The molecule has 22 heavy (non-hydrogen) atoms. The molecule has 2 aromatic rings. The van der Waals surface area contributed by atoms with Crippen LogP contribution >= 0.6 is 0 Å². The Morgan fingerprint density at radius 2 is 2.05 bits per heavy atom. The van der Waals surface area contributed by atoms with E-state index in [2.05, 4.69) is 42.3 Å². The van der Waals surface area contributed by atoms with Crippen LogP contribution in [0.2, 0.25) is 0 Å². The van der Waals surface area contributed by atoms with Gasteiger partial charge in [0, 0.05) is 18.7 Å². The molecular weight excluding hydrogens is 278 g/mol.